The van der Waals surface area contributed by atoms with Crippen molar-refractivity contribution in [2.45, 2.75) is 57.3 Å². The zero-order chi connectivity index (χ0) is 23.4. The number of piperidine rings is 1. The van der Waals surface area contributed by atoms with Crippen molar-refractivity contribution >= 4 is 22.5 Å². The molecule has 2 unspecified atom stereocenters. The molecule has 6 rings (SSSR count). The molecule has 6 nitrogen and oxygen atoms in total. The van der Waals surface area contributed by atoms with E-state index in [1.54, 1.807) is 17.6 Å². The van der Waals surface area contributed by atoms with Crippen LogP contribution in [0.1, 0.15) is 54.2 Å². The Hall–Kier alpha value is -2.62. The van der Waals surface area contributed by atoms with Gasteiger partial charge in [-0.3, -0.25) is 0 Å². The first-order valence-corrected chi connectivity index (χ1v) is 12.7. The molecule has 2 aromatic heterocycles. The summed E-state index contributed by atoms with van der Waals surface area (Å²) in [6.45, 7) is 4.77. The van der Waals surface area contributed by atoms with Crippen molar-refractivity contribution in [1.29, 1.82) is 0 Å². The van der Waals surface area contributed by atoms with Crippen molar-refractivity contribution in [3.8, 4) is 0 Å². The minimum absolute atomic E-state index is 0.174. The summed E-state index contributed by atoms with van der Waals surface area (Å²) in [7, 11) is 0. The van der Waals surface area contributed by atoms with Crippen molar-refractivity contribution in [2.24, 2.45) is 11.8 Å². The average Bonchev–Trinajstić information content (AvgIpc) is 3.48. The van der Waals surface area contributed by atoms with Gasteiger partial charge in [0.1, 0.15) is 10.8 Å². The lowest BCUT2D eigenvalue weighted by atomic mass is 9.90. The molecule has 1 saturated heterocycles. The lowest BCUT2D eigenvalue weighted by molar-refractivity contribution is -0.137. The van der Waals surface area contributed by atoms with Crippen molar-refractivity contribution < 1.29 is 13.2 Å². The summed E-state index contributed by atoms with van der Waals surface area (Å²) in [5.41, 5.74) is 1.11. The lowest BCUT2D eigenvalue weighted by Gasteiger charge is -2.38. The molecule has 3 aromatic rings. The van der Waals surface area contributed by atoms with Gasteiger partial charge in [-0.15, -0.1) is 5.10 Å². The Balaban J connectivity index is 1.21. The summed E-state index contributed by atoms with van der Waals surface area (Å²) in [6, 6.07) is 8.13. The maximum atomic E-state index is 13.3. The summed E-state index contributed by atoms with van der Waals surface area (Å²) in [5, 5.41) is 9.59. The van der Waals surface area contributed by atoms with Gasteiger partial charge in [-0.25, -0.2) is 4.68 Å². The molecule has 0 spiro atoms. The number of hydrogen-bond acceptors (Lipinski definition) is 6. The van der Waals surface area contributed by atoms with Crippen LogP contribution in [0.3, 0.4) is 0 Å². The minimum Gasteiger partial charge on any atom is -0.361 e. The second-order valence-electron chi connectivity index (χ2n) is 9.81. The molecule has 1 saturated carbocycles. The molecule has 1 aromatic carbocycles. The number of fused-ring (bicyclic) bond motifs is 3. The van der Waals surface area contributed by atoms with Crippen LogP contribution in [0.15, 0.2) is 30.3 Å². The largest absolute Gasteiger partial charge is 0.416 e. The molecule has 2 bridgehead atoms. The van der Waals surface area contributed by atoms with Crippen molar-refractivity contribution in [2.75, 3.05) is 23.3 Å². The van der Waals surface area contributed by atoms with Crippen LogP contribution in [0.25, 0.3) is 0 Å². The highest BCUT2D eigenvalue weighted by molar-refractivity contribution is 7.10. The minimum atomic E-state index is -4.35. The van der Waals surface area contributed by atoms with Crippen molar-refractivity contribution in [3.05, 3.63) is 53.0 Å². The second kappa shape index (κ2) is 8.25. The normalized spacial score (nSPS) is 26.5. The first kappa shape index (κ1) is 21.9. The van der Waals surface area contributed by atoms with Gasteiger partial charge in [-0.1, -0.05) is 18.2 Å². The Bertz CT molecular complexity index is 1170. The SMILES string of the molecule is Cc1cc(N2C[C@H]3CC[C@@H](C2)C3Nc2nc3n(n2)CCCC3c2cccc(C(F)(F)F)c2)sn1. The topological polar surface area (TPSA) is 58.9 Å². The van der Waals surface area contributed by atoms with E-state index in [-0.39, 0.29) is 5.92 Å². The highest BCUT2D eigenvalue weighted by Crippen LogP contribution is 2.41. The Labute approximate surface area is 200 Å². The number of aryl methyl sites for hydroxylation is 2. The van der Waals surface area contributed by atoms with Crippen LogP contribution < -0.4 is 10.2 Å². The lowest BCUT2D eigenvalue weighted by Crippen LogP contribution is -2.48. The summed E-state index contributed by atoms with van der Waals surface area (Å²) >= 11 is 1.57. The highest BCUT2D eigenvalue weighted by Gasteiger charge is 2.43. The summed E-state index contributed by atoms with van der Waals surface area (Å²) in [6.07, 6.45) is -0.350. The van der Waals surface area contributed by atoms with Gasteiger partial charge in [0.25, 0.3) is 0 Å². The zero-order valence-corrected chi connectivity index (χ0v) is 19.7. The Kier molecular flexibility index (Phi) is 5.31. The molecule has 4 atom stereocenters. The van der Waals surface area contributed by atoms with Gasteiger partial charge in [0.15, 0.2) is 0 Å². The Morgan fingerprint density at radius 1 is 1.09 bits per heavy atom. The molecule has 0 amide bonds. The number of alkyl halides is 3. The van der Waals surface area contributed by atoms with Gasteiger partial charge in [0, 0.05) is 31.6 Å². The third-order valence-corrected chi connectivity index (χ3v) is 8.49. The molecule has 1 aliphatic carbocycles. The van der Waals surface area contributed by atoms with E-state index in [4.69, 9.17) is 10.1 Å². The van der Waals surface area contributed by atoms with Gasteiger partial charge in [0.05, 0.1) is 11.3 Å². The van der Waals surface area contributed by atoms with Gasteiger partial charge in [-0.05, 0) is 73.7 Å². The fraction of sp³-hybridized carbons (Fsp3) is 0.542. The quantitative estimate of drug-likeness (QED) is 0.539. The standard InChI is InChI=1S/C24H27F3N6S/c1-14-10-20(34-31-14)32-12-16-7-8-17(13-32)21(16)28-23-29-22-19(6-3-9-33(22)30-23)15-4-2-5-18(11-15)24(25,26)27/h2,4-5,10-11,16-17,19,21H,3,6-9,12-13H2,1H3,(H,28,30)/t16-,17+,19?,21?. The van der Waals surface area contributed by atoms with Crippen LogP contribution in [0.2, 0.25) is 0 Å². The van der Waals surface area contributed by atoms with Crippen LogP contribution in [0, 0.1) is 18.8 Å². The summed E-state index contributed by atoms with van der Waals surface area (Å²) in [5.74, 6) is 2.23. The molecule has 2 aliphatic heterocycles. The number of aromatic nitrogens is 4. The van der Waals surface area contributed by atoms with Crippen molar-refractivity contribution in [1.82, 2.24) is 19.1 Å². The van der Waals surface area contributed by atoms with Gasteiger partial charge < -0.3 is 10.2 Å². The smallest absolute Gasteiger partial charge is 0.361 e. The molecule has 2 fully saturated rings. The summed E-state index contributed by atoms with van der Waals surface area (Å²) < 4.78 is 46.1. The molecule has 4 heterocycles. The third-order valence-electron chi connectivity index (χ3n) is 7.55. The molecule has 34 heavy (non-hydrogen) atoms. The van der Waals surface area contributed by atoms with E-state index in [0.29, 0.717) is 29.4 Å². The predicted octanol–water partition coefficient (Wildman–Crippen LogP) is 5.31. The summed E-state index contributed by atoms with van der Waals surface area (Å²) in [4.78, 5) is 7.27. The van der Waals surface area contributed by atoms with Crippen LogP contribution in [0.5, 0.6) is 0 Å². The molecule has 1 N–H and O–H groups in total. The van der Waals surface area contributed by atoms with Gasteiger partial charge >= 0.3 is 6.18 Å². The fourth-order valence-corrected chi connectivity index (χ4v) is 6.72. The number of benzene rings is 1. The molecule has 3 aliphatic rings. The number of nitrogens with zero attached hydrogens (tertiary/aromatic N) is 5. The molecule has 180 valence electrons. The second-order valence-corrected chi connectivity index (χ2v) is 10.6. The number of hydrogen-bond donors (Lipinski definition) is 1. The van der Waals surface area contributed by atoms with Crippen LogP contribution in [0.4, 0.5) is 24.1 Å². The van der Waals surface area contributed by atoms with E-state index in [2.05, 4.69) is 20.7 Å². The molecule has 0 radical (unpaired) electrons. The Morgan fingerprint density at radius 2 is 1.88 bits per heavy atom. The van der Waals surface area contributed by atoms with Crippen molar-refractivity contribution in [3.63, 3.8) is 0 Å². The third kappa shape index (κ3) is 3.95. The van der Waals surface area contributed by atoms with E-state index in [1.165, 1.54) is 30.0 Å². The molecular weight excluding hydrogens is 461 g/mol. The van der Waals surface area contributed by atoms with E-state index >= 15 is 0 Å². The van der Waals surface area contributed by atoms with Crippen LogP contribution in [-0.4, -0.2) is 38.3 Å². The number of halogens is 3. The fourth-order valence-electron chi connectivity index (χ4n) is 5.95. The van der Waals surface area contributed by atoms with Crippen LogP contribution in [-0.2, 0) is 12.7 Å². The maximum Gasteiger partial charge on any atom is 0.416 e. The van der Waals surface area contributed by atoms with E-state index < -0.39 is 11.7 Å². The number of anilines is 2. The monoisotopic (exact) mass is 488 g/mol. The number of rotatable bonds is 4. The van der Waals surface area contributed by atoms with Gasteiger partial charge in [-0.2, -0.15) is 22.5 Å². The number of nitrogens with one attached hydrogen (secondary N) is 1. The van der Waals surface area contributed by atoms with E-state index in [9.17, 15) is 13.2 Å². The van der Waals surface area contributed by atoms with E-state index in [0.717, 1.165) is 50.1 Å². The highest BCUT2D eigenvalue weighted by atomic mass is 32.1. The first-order valence-electron chi connectivity index (χ1n) is 11.9. The zero-order valence-electron chi connectivity index (χ0n) is 18.9. The first-order chi connectivity index (χ1) is 16.3. The molecule has 10 heteroatoms. The Morgan fingerprint density at radius 3 is 2.59 bits per heavy atom. The average molecular weight is 489 g/mol. The predicted molar refractivity (Wildman–Crippen MR) is 125 cm³/mol. The van der Waals surface area contributed by atoms with Crippen LogP contribution >= 0.6 is 11.5 Å². The maximum absolute atomic E-state index is 13.3. The van der Waals surface area contributed by atoms with E-state index in [1.807, 2.05) is 11.6 Å². The molecular formula is C24H27F3N6S. The van der Waals surface area contributed by atoms with Gasteiger partial charge in [0.2, 0.25) is 5.95 Å².